The van der Waals surface area contributed by atoms with Gasteiger partial charge in [0.1, 0.15) is 5.75 Å². The van der Waals surface area contributed by atoms with Crippen LogP contribution in [0.2, 0.25) is 0 Å². The van der Waals surface area contributed by atoms with E-state index in [0.717, 1.165) is 25.0 Å². The molecule has 0 saturated heterocycles. The predicted octanol–water partition coefficient (Wildman–Crippen LogP) is 5.10. The van der Waals surface area contributed by atoms with E-state index in [1.54, 1.807) is 12.1 Å². The third kappa shape index (κ3) is 6.30. The molecular formula is C24H24O3. The quantitative estimate of drug-likeness (QED) is 0.393. The SMILES string of the molecule is O=C(OCCCc1ccccc1)c1ccc(OCCc2ccccc2)cc1. The van der Waals surface area contributed by atoms with E-state index in [0.29, 0.717) is 18.8 Å². The zero-order valence-electron chi connectivity index (χ0n) is 15.3. The largest absolute Gasteiger partial charge is 0.493 e. The van der Waals surface area contributed by atoms with Crippen molar-refractivity contribution in [3.8, 4) is 5.75 Å². The molecule has 0 aliphatic carbocycles. The van der Waals surface area contributed by atoms with Crippen molar-refractivity contribution in [1.82, 2.24) is 0 Å². The highest BCUT2D eigenvalue weighted by Gasteiger charge is 2.07. The maximum Gasteiger partial charge on any atom is 0.338 e. The van der Waals surface area contributed by atoms with Crippen molar-refractivity contribution in [1.29, 1.82) is 0 Å². The van der Waals surface area contributed by atoms with Crippen LogP contribution >= 0.6 is 0 Å². The molecule has 0 saturated carbocycles. The average molecular weight is 360 g/mol. The molecular weight excluding hydrogens is 336 g/mol. The van der Waals surface area contributed by atoms with E-state index >= 15 is 0 Å². The van der Waals surface area contributed by atoms with E-state index in [4.69, 9.17) is 9.47 Å². The fourth-order valence-corrected chi connectivity index (χ4v) is 2.79. The van der Waals surface area contributed by atoms with E-state index in [1.165, 1.54) is 11.1 Å². The van der Waals surface area contributed by atoms with Gasteiger partial charge in [0, 0.05) is 6.42 Å². The Balaban J connectivity index is 1.38. The van der Waals surface area contributed by atoms with Crippen LogP contribution in [0.5, 0.6) is 5.75 Å². The number of esters is 1. The number of ether oxygens (including phenoxy) is 2. The lowest BCUT2D eigenvalue weighted by Gasteiger charge is -2.08. The summed E-state index contributed by atoms with van der Waals surface area (Å²) in [5, 5.41) is 0. The zero-order chi connectivity index (χ0) is 18.7. The summed E-state index contributed by atoms with van der Waals surface area (Å²) in [6.45, 7) is 1.02. The monoisotopic (exact) mass is 360 g/mol. The first-order valence-corrected chi connectivity index (χ1v) is 9.29. The standard InChI is InChI=1S/C24H24O3/c25-24(27-18-7-12-20-8-3-1-4-9-20)22-13-15-23(16-14-22)26-19-17-21-10-5-2-6-11-21/h1-6,8-11,13-16H,7,12,17-19H2. The molecule has 3 nitrogen and oxygen atoms in total. The van der Waals surface area contributed by atoms with Gasteiger partial charge in [-0.25, -0.2) is 4.79 Å². The van der Waals surface area contributed by atoms with Gasteiger partial charge in [-0.05, 0) is 48.2 Å². The highest BCUT2D eigenvalue weighted by atomic mass is 16.5. The summed E-state index contributed by atoms with van der Waals surface area (Å²) in [7, 11) is 0. The summed E-state index contributed by atoms with van der Waals surface area (Å²) in [5.74, 6) is 0.463. The molecule has 27 heavy (non-hydrogen) atoms. The predicted molar refractivity (Wildman–Crippen MR) is 107 cm³/mol. The molecule has 0 amide bonds. The van der Waals surface area contributed by atoms with Crippen molar-refractivity contribution in [3.05, 3.63) is 102 Å². The van der Waals surface area contributed by atoms with Crippen LogP contribution in [0, 0.1) is 0 Å². The molecule has 0 bridgehead atoms. The summed E-state index contributed by atoms with van der Waals surface area (Å²) in [6, 6.07) is 27.5. The molecule has 0 heterocycles. The first-order valence-electron chi connectivity index (χ1n) is 9.29. The van der Waals surface area contributed by atoms with Crippen LogP contribution in [0.25, 0.3) is 0 Å². The van der Waals surface area contributed by atoms with E-state index in [1.807, 2.05) is 48.5 Å². The van der Waals surface area contributed by atoms with E-state index in [-0.39, 0.29) is 5.97 Å². The van der Waals surface area contributed by atoms with Crippen molar-refractivity contribution in [2.75, 3.05) is 13.2 Å². The number of carbonyl (C=O) groups is 1. The number of benzene rings is 3. The van der Waals surface area contributed by atoms with Crippen molar-refractivity contribution >= 4 is 5.97 Å². The average Bonchev–Trinajstić information content (AvgIpc) is 2.73. The second-order valence-electron chi connectivity index (χ2n) is 6.33. The molecule has 0 aliphatic heterocycles. The summed E-state index contributed by atoms with van der Waals surface area (Å²) in [5.41, 5.74) is 3.05. The Kier molecular flexibility index (Phi) is 7.05. The van der Waals surface area contributed by atoms with Crippen LogP contribution in [0.4, 0.5) is 0 Å². The van der Waals surface area contributed by atoms with E-state index in [9.17, 15) is 4.79 Å². The lowest BCUT2D eigenvalue weighted by atomic mass is 10.1. The minimum absolute atomic E-state index is 0.293. The second kappa shape index (κ2) is 10.2. The van der Waals surface area contributed by atoms with Crippen LogP contribution < -0.4 is 4.74 Å². The molecule has 138 valence electrons. The van der Waals surface area contributed by atoms with Crippen LogP contribution in [0.1, 0.15) is 27.9 Å². The van der Waals surface area contributed by atoms with Gasteiger partial charge in [-0.15, -0.1) is 0 Å². The van der Waals surface area contributed by atoms with Crippen molar-refractivity contribution < 1.29 is 14.3 Å². The maximum atomic E-state index is 12.1. The lowest BCUT2D eigenvalue weighted by molar-refractivity contribution is 0.0500. The Bertz CT molecular complexity index is 811. The third-order valence-electron chi connectivity index (χ3n) is 4.28. The normalized spacial score (nSPS) is 10.4. The van der Waals surface area contributed by atoms with E-state index in [2.05, 4.69) is 24.3 Å². The highest BCUT2D eigenvalue weighted by Crippen LogP contribution is 2.14. The Morgan fingerprint density at radius 3 is 1.89 bits per heavy atom. The molecule has 3 aromatic carbocycles. The van der Waals surface area contributed by atoms with Crippen molar-refractivity contribution in [2.24, 2.45) is 0 Å². The van der Waals surface area contributed by atoms with Gasteiger partial charge in [-0.2, -0.15) is 0 Å². The minimum atomic E-state index is -0.293. The molecule has 0 aliphatic rings. The molecule has 0 spiro atoms. The van der Waals surface area contributed by atoms with Gasteiger partial charge in [-0.1, -0.05) is 60.7 Å². The van der Waals surface area contributed by atoms with Crippen LogP contribution in [-0.4, -0.2) is 19.2 Å². The Morgan fingerprint density at radius 1 is 0.667 bits per heavy atom. The topological polar surface area (TPSA) is 35.5 Å². The Hall–Kier alpha value is -3.07. The summed E-state index contributed by atoms with van der Waals surface area (Å²) in [6.07, 6.45) is 2.57. The number of hydrogen-bond donors (Lipinski definition) is 0. The van der Waals surface area contributed by atoms with Gasteiger partial charge in [0.15, 0.2) is 0 Å². The molecule has 3 rings (SSSR count). The van der Waals surface area contributed by atoms with Crippen LogP contribution in [-0.2, 0) is 17.6 Å². The fourth-order valence-electron chi connectivity index (χ4n) is 2.79. The molecule has 0 unspecified atom stereocenters. The molecule has 0 aromatic heterocycles. The molecule has 0 fully saturated rings. The Morgan fingerprint density at radius 2 is 1.26 bits per heavy atom. The third-order valence-corrected chi connectivity index (χ3v) is 4.28. The van der Waals surface area contributed by atoms with Crippen molar-refractivity contribution in [3.63, 3.8) is 0 Å². The van der Waals surface area contributed by atoms with Crippen LogP contribution in [0.15, 0.2) is 84.9 Å². The zero-order valence-corrected chi connectivity index (χ0v) is 15.3. The molecule has 3 heteroatoms. The van der Waals surface area contributed by atoms with Gasteiger partial charge >= 0.3 is 5.97 Å². The van der Waals surface area contributed by atoms with Crippen LogP contribution in [0.3, 0.4) is 0 Å². The summed E-state index contributed by atoms with van der Waals surface area (Å²) >= 11 is 0. The summed E-state index contributed by atoms with van der Waals surface area (Å²) in [4.78, 5) is 12.1. The maximum absolute atomic E-state index is 12.1. The van der Waals surface area contributed by atoms with E-state index < -0.39 is 0 Å². The number of aryl methyl sites for hydroxylation is 1. The molecule has 0 atom stereocenters. The minimum Gasteiger partial charge on any atom is -0.493 e. The first kappa shape index (κ1) is 18.7. The smallest absolute Gasteiger partial charge is 0.338 e. The molecule has 0 radical (unpaired) electrons. The lowest BCUT2D eigenvalue weighted by Crippen LogP contribution is -2.07. The van der Waals surface area contributed by atoms with Crippen molar-refractivity contribution in [2.45, 2.75) is 19.3 Å². The molecule has 3 aromatic rings. The first-order chi connectivity index (χ1) is 13.3. The van der Waals surface area contributed by atoms with Gasteiger partial charge in [0.2, 0.25) is 0 Å². The number of carbonyl (C=O) groups excluding carboxylic acids is 1. The number of rotatable bonds is 9. The van der Waals surface area contributed by atoms with Gasteiger partial charge in [-0.3, -0.25) is 0 Å². The van der Waals surface area contributed by atoms with Gasteiger partial charge in [0.05, 0.1) is 18.8 Å². The van der Waals surface area contributed by atoms with Gasteiger partial charge < -0.3 is 9.47 Å². The highest BCUT2D eigenvalue weighted by molar-refractivity contribution is 5.89. The molecule has 0 N–H and O–H groups in total. The number of hydrogen-bond acceptors (Lipinski definition) is 3. The summed E-state index contributed by atoms with van der Waals surface area (Å²) < 4.78 is 11.1. The Labute approximate surface area is 160 Å². The fraction of sp³-hybridized carbons (Fsp3) is 0.208. The second-order valence-corrected chi connectivity index (χ2v) is 6.33. The van der Waals surface area contributed by atoms with Gasteiger partial charge in [0.25, 0.3) is 0 Å².